The van der Waals surface area contributed by atoms with Crippen LogP contribution >= 0.6 is 27.7 Å². The van der Waals surface area contributed by atoms with E-state index in [0.29, 0.717) is 34.8 Å². The summed E-state index contributed by atoms with van der Waals surface area (Å²) >= 11 is 4.94. The molecule has 0 aliphatic rings. The lowest BCUT2D eigenvalue weighted by molar-refractivity contribution is 0.268. The summed E-state index contributed by atoms with van der Waals surface area (Å²) in [6.07, 6.45) is 1.82. The summed E-state index contributed by atoms with van der Waals surface area (Å²) in [4.78, 5) is 8.31. The largest absolute Gasteiger partial charge is 0.490 e. The van der Waals surface area contributed by atoms with Crippen LogP contribution in [0.4, 0.5) is 0 Å². The number of ether oxygens (including phenoxy) is 2. The molecule has 0 fully saturated rings. The fraction of sp³-hybridized carbons (Fsp3) is 0.103. The van der Waals surface area contributed by atoms with Gasteiger partial charge in [0.15, 0.2) is 16.7 Å². The van der Waals surface area contributed by atoms with Gasteiger partial charge in [0.05, 0.1) is 27.0 Å². The summed E-state index contributed by atoms with van der Waals surface area (Å²) in [6.45, 7) is 2.83. The second-order valence-electron chi connectivity index (χ2n) is 7.97. The Labute approximate surface area is 221 Å². The van der Waals surface area contributed by atoms with Crippen molar-refractivity contribution < 1.29 is 9.47 Å². The van der Waals surface area contributed by atoms with Crippen molar-refractivity contribution in [2.45, 2.75) is 18.7 Å². The molecular formula is C29H22BrN3O2S. The van der Waals surface area contributed by atoms with Crippen LogP contribution < -0.4 is 9.47 Å². The van der Waals surface area contributed by atoms with E-state index in [4.69, 9.17) is 9.47 Å². The van der Waals surface area contributed by atoms with E-state index >= 15 is 0 Å². The number of para-hydroxylation sites is 2. The van der Waals surface area contributed by atoms with E-state index < -0.39 is 0 Å². The SMILES string of the molecule is CCOc1cc(/C=C(\C#N)Sc2nc3ccccc3[nH]2)cc(Br)c1OCc1cccc2ccccc12. The highest BCUT2D eigenvalue weighted by Gasteiger charge is 2.14. The van der Waals surface area contributed by atoms with E-state index in [1.165, 1.54) is 17.1 Å². The van der Waals surface area contributed by atoms with Crippen molar-refractivity contribution in [3.63, 3.8) is 0 Å². The van der Waals surface area contributed by atoms with Crippen molar-refractivity contribution >= 4 is 55.6 Å². The number of rotatable bonds is 8. The van der Waals surface area contributed by atoms with Crippen molar-refractivity contribution in [3.05, 3.63) is 99.4 Å². The quantitative estimate of drug-likeness (QED) is 0.154. The number of aromatic nitrogens is 2. The zero-order valence-corrected chi connectivity index (χ0v) is 21.9. The molecule has 7 heteroatoms. The lowest BCUT2D eigenvalue weighted by Gasteiger charge is -2.15. The highest BCUT2D eigenvalue weighted by molar-refractivity contribution is 9.10. The number of benzene rings is 4. The molecule has 0 amide bonds. The number of hydrogen-bond donors (Lipinski definition) is 1. The van der Waals surface area contributed by atoms with E-state index in [-0.39, 0.29) is 0 Å². The van der Waals surface area contributed by atoms with Crippen molar-refractivity contribution in [2.24, 2.45) is 0 Å². The first-order valence-corrected chi connectivity index (χ1v) is 13.1. The number of fused-ring (bicyclic) bond motifs is 2. The van der Waals surface area contributed by atoms with E-state index in [9.17, 15) is 5.26 Å². The number of aromatic amines is 1. The molecule has 0 saturated heterocycles. The molecule has 0 unspecified atom stereocenters. The summed E-state index contributed by atoms with van der Waals surface area (Å²) in [5, 5.41) is 12.8. The average molecular weight is 556 g/mol. The number of hydrogen-bond acceptors (Lipinski definition) is 5. The minimum atomic E-state index is 0.403. The zero-order chi connectivity index (χ0) is 24.9. The van der Waals surface area contributed by atoms with Crippen LogP contribution in [0, 0.1) is 11.3 Å². The molecule has 0 saturated carbocycles. The van der Waals surface area contributed by atoms with Crippen molar-refractivity contribution in [3.8, 4) is 17.6 Å². The molecular weight excluding hydrogens is 534 g/mol. The number of imidazole rings is 1. The molecule has 178 valence electrons. The molecule has 36 heavy (non-hydrogen) atoms. The Bertz CT molecular complexity index is 1580. The van der Waals surface area contributed by atoms with Crippen LogP contribution in [0.15, 0.2) is 93.4 Å². The molecule has 0 bridgehead atoms. The lowest BCUT2D eigenvalue weighted by Crippen LogP contribution is -2.01. The molecule has 0 aliphatic heterocycles. The standard InChI is InChI=1S/C29H22BrN3O2S/c1-2-34-27-16-19(14-22(17-31)36-29-32-25-12-5-6-13-26(25)33-29)15-24(30)28(27)35-18-21-10-7-9-20-8-3-4-11-23(20)21/h3-16H,2,18H2,1H3,(H,32,33)/b22-14+. The molecule has 5 rings (SSSR count). The summed E-state index contributed by atoms with van der Waals surface area (Å²) < 4.78 is 12.9. The van der Waals surface area contributed by atoms with Crippen LogP contribution in [-0.2, 0) is 6.61 Å². The minimum absolute atomic E-state index is 0.403. The van der Waals surface area contributed by atoms with Crippen LogP contribution in [-0.4, -0.2) is 16.6 Å². The fourth-order valence-corrected chi connectivity index (χ4v) is 5.29. The third-order valence-electron chi connectivity index (χ3n) is 5.57. The third-order valence-corrected chi connectivity index (χ3v) is 6.97. The van der Waals surface area contributed by atoms with Crippen LogP contribution in [0.2, 0.25) is 0 Å². The van der Waals surface area contributed by atoms with Gasteiger partial charge in [0.25, 0.3) is 0 Å². The zero-order valence-electron chi connectivity index (χ0n) is 19.5. The van der Waals surface area contributed by atoms with Crippen LogP contribution in [0.3, 0.4) is 0 Å². The molecule has 0 spiro atoms. The van der Waals surface area contributed by atoms with E-state index in [1.807, 2.05) is 67.6 Å². The number of thioether (sulfide) groups is 1. The topological polar surface area (TPSA) is 70.9 Å². The van der Waals surface area contributed by atoms with Crippen molar-refractivity contribution in [1.82, 2.24) is 9.97 Å². The number of nitrogens with one attached hydrogen (secondary N) is 1. The molecule has 1 N–H and O–H groups in total. The molecule has 0 atom stereocenters. The van der Waals surface area contributed by atoms with E-state index in [2.05, 4.69) is 56.2 Å². The smallest absolute Gasteiger partial charge is 0.175 e. The summed E-state index contributed by atoms with van der Waals surface area (Å²) in [6, 6.07) is 28.3. The van der Waals surface area contributed by atoms with Gasteiger partial charge >= 0.3 is 0 Å². The summed E-state index contributed by atoms with van der Waals surface area (Å²) in [5.74, 6) is 1.25. The van der Waals surface area contributed by atoms with Gasteiger partial charge in [0.1, 0.15) is 12.7 Å². The molecule has 0 aliphatic carbocycles. The fourth-order valence-electron chi connectivity index (χ4n) is 3.96. The summed E-state index contributed by atoms with van der Waals surface area (Å²) in [5.41, 5.74) is 3.72. The van der Waals surface area contributed by atoms with Gasteiger partial charge in [-0.15, -0.1) is 0 Å². The summed E-state index contributed by atoms with van der Waals surface area (Å²) in [7, 11) is 0. The maximum absolute atomic E-state index is 9.77. The first kappa shape index (κ1) is 24.0. The number of H-pyrrole nitrogens is 1. The predicted molar refractivity (Wildman–Crippen MR) is 149 cm³/mol. The van der Waals surface area contributed by atoms with Gasteiger partial charge in [-0.2, -0.15) is 5.26 Å². The van der Waals surface area contributed by atoms with Crippen LogP contribution in [0.5, 0.6) is 11.5 Å². The first-order valence-electron chi connectivity index (χ1n) is 11.4. The molecule has 4 aromatic carbocycles. The Morgan fingerprint density at radius 3 is 2.69 bits per heavy atom. The Balaban J connectivity index is 1.41. The Kier molecular flexibility index (Phi) is 7.26. The van der Waals surface area contributed by atoms with Gasteiger partial charge in [-0.1, -0.05) is 54.6 Å². The number of nitriles is 1. The maximum atomic E-state index is 9.77. The third kappa shape index (κ3) is 5.25. The molecule has 1 aromatic heterocycles. The second kappa shape index (κ2) is 10.9. The number of halogens is 1. The minimum Gasteiger partial charge on any atom is -0.490 e. The normalized spacial score (nSPS) is 11.5. The maximum Gasteiger partial charge on any atom is 0.175 e. The number of nitrogens with zero attached hydrogens (tertiary/aromatic N) is 2. The monoisotopic (exact) mass is 555 g/mol. The highest BCUT2D eigenvalue weighted by Crippen LogP contribution is 2.39. The Morgan fingerprint density at radius 2 is 1.86 bits per heavy atom. The molecule has 0 radical (unpaired) electrons. The van der Waals surface area contributed by atoms with Gasteiger partial charge in [-0.05, 0) is 86.9 Å². The van der Waals surface area contributed by atoms with Gasteiger partial charge in [0, 0.05) is 0 Å². The first-order chi connectivity index (χ1) is 17.6. The molecule has 1 heterocycles. The van der Waals surface area contributed by atoms with Crippen LogP contribution in [0.25, 0.3) is 27.9 Å². The number of allylic oxidation sites excluding steroid dienone is 1. The molecule has 5 nitrogen and oxygen atoms in total. The highest BCUT2D eigenvalue weighted by atomic mass is 79.9. The Morgan fingerprint density at radius 1 is 1.06 bits per heavy atom. The van der Waals surface area contributed by atoms with Crippen molar-refractivity contribution in [2.75, 3.05) is 6.61 Å². The van der Waals surface area contributed by atoms with Crippen molar-refractivity contribution in [1.29, 1.82) is 5.26 Å². The average Bonchev–Trinajstić information content (AvgIpc) is 3.30. The lowest BCUT2D eigenvalue weighted by atomic mass is 10.1. The van der Waals surface area contributed by atoms with E-state index in [0.717, 1.165) is 32.0 Å². The van der Waals surface area contributed by atoms with Gasteiger partial charge in [0.2, 0.25) is 0 Å². The second-order valence-corrected chi connectivity index (χ2v) is 9.86. The van der Waals surface area contributed by atoms with Gasteiger partial charge < -0.3 is 14.5 Å². The Hall–Kier alpha value is -3.73. The van der Waals surface area contributed by atoms with Crippen LogP contribution in [0.1, 0.15) is 18.1 Å². The van der Waals surface area contributed by atoms with E-state index in [1.54, 1.807) is 0 Å². The molecule has 5 aromatic rings. The van der Waals surface area contributed by atoms with Gasteiger partial charge in [-0.3, -0.25) is 0 Å². The predicted octanol–water partition coefficient (Wildman–Crippen LogP) is 8.11. The van der Waals surface area contributed by atoms with Gasteiger partial charge in [-0.25, -0.2) is 4.98 Å².